The Morgan fingerprint density at radius 2 is 2.29 bits per heavy atom. The van der Waals surface area contributed by atoms with Gasteiger partial charge in [-0.2, -0.15) is 0 Å². The minimum Gasteiger partial charge on any atom is -0.488 e. The minimum absolute atomic E-state index is 0.0748. The number of fused-ring (bicyclic) bond motifs is 1. The van der Waals surface area contributed by atoms with Gasteiger partial charge in [0.2, 0.25) is 0 Å². The Morgan fingerprint density at radius 1 is 1.47 bits per heavy atom. The number of hydrogen-bond donors (Lipinski definition) is 1. The summed E-state index contributed by atoms with van der Waals surface area (Å²) in [5, 5.41) is 3.21. The summed E-state index contributed by atoms with van der Waals surface area (Å²) < 4.78 is 10.7. The Morgan fingerprint density at radius 3 is 3.12 bits per heavy atom. The summed E-state index contributed by atoms with van der Waals surface area (Å²) in [5.74, 6) is 0.854. The summed E-state index contributed by atoms with van der Waals surface area (Å²) >= 11 is 0. The molecule has 1 N–H and O–H groups in total. The van der Waals surface area contributed by atoms with E-state index >= 15 is 0 Å². The number of nitrogens with one attached hydrogen (secondary N) is 1. The second-order valence-electron chi connectivity index (χ2n) is 4.06. The average molecular weight is 235 g/mol. The number of rotatable bonds is 5. The van der Waals surface area contributed by atoms with Gasteiger partial charge >= 0.3 is 0 Å². The fourth-order valence-electron chi connectivity index (χ4n) is 1.89. The molecule has 0 bridgehead atoms. The first-order chi connectivity index (χ1) is 8.31. The van der Waals surface area contributed by atoms with Crippen molar-refractivity contribution in [1.29, 1.82) is 0 Å². The molecule has 1 aromatic rings. The van der Waals surface area contributed by atoms with Gasteiger partial charge in [-0.25, -0.2) is 0 Å². The van der Waals surface area contributed by atoms with Gasteiger partial charge in [0.15, 0.2) is 5.78 Å². The van der Waals surface area contributed by atoms with E-state index < -0.39 is 0 Å². The molecule has 0 amide bonds. The predicted octanol–water partition coefficient (Wildman–Crippen LogP) is 1.26. The van der Waals surface area contributed by atoms with Crippen LogP contribution >= 0.6 is 0 Å². The maximum atomic E-state index is 11.9. The Bertz CT molecular complexity index is 392. The van der Waals surface area contributed by atoms with Crippen molar-refractivity contribution in [2.45, 2.75) is 12.5 Å². The van der Waals surface area contributed by atoms with Gasteiger partial charge in [-0.15, -0.1) is 0 Å². The first-order valence-electron chi connectivity index (χ1n) is 5.80. The molecule has 92 valence electrons. The lowest BCUT2D eigenvalue weighted by molar-refractivity contribution is 0.0846. The van der Waals surface area contributed by atoms with Crippen LogP contribution in [0.25, 0.3) is 0 Å². The zero-order chi connectivity index (χ0) is 12.1. The maximum Gasteiger partial charge on any atom is 0.170 e. The molecule has 0 fully saturated rings. The van der Waals surface area contributed by atoms with Crippen molar-refractivity contribution in [2.75, 3.05) is 26.8 Å². The number of carbonyl (C=O) groups is 1. The van der Waals surface area contributed by atoms with Crippen LogP contribution in [0.4, 0.5) is 0 Å². The van der Waals surface area contributed by atoms with Crippen LogP contribution in [0.5, 0.6) is 5.75 Å². The van der Waals surface area contributed by atoms with Crippen LogP contribution in [0, 0.1) is 0 Å². The Kier molecular flexibility index (Phi) is 4.12. The van der Waals surface area contributed by atoms with Gasteiger partial charge in [-0.05, 0) is 12.1 Å². The molecule has 0 radical (unpaired) electrons. The summed E-state index contributed by atoms with van der Waals surface area (Å²) in [6, 6.07) is 7.39. The van der Waals surface area contributed by atoms with Crippen molar-refractivity contribution in [3.05, 3.63) is 29.8 Å². The fourth-order valence-corrected chi connectivity index (χ4v) is 1.89. The molecule has 2 rings (SSSR count). The lowest BCUT2D eigenvalue weighted by Gasteiger charge is -2.25. The highest BCUT2D eigenvalue weighted by molar-refractivity contribution is 5.99. The van der Waals surface area contributed by atoms with Crippen LogP contribution in [0.2, 0.25) is 0 Å². The van der Waals surface area contributed by atoms with E-state index in [-0.39, 0.29) is 11.9 Å². The SMILES string of the molecule is COCCNCC1CC(=O)c2ccccc2O1. The fraction of sp³-hybridized carbons (Fsp3) is 0.462. The van der Waals surface area contributed by atoms with Crippen molar-refractivity contribution in [3.63, 3.8) is 0 Å². The molecule has 4 nitrogen and oxygen atoms in total. The Balaban J connectivity index is 1.91. The number of ether oxygens (including phenoxy) is 2. The predicted molar refractivity (Wildman–Crippen MR) is 64.6 cm³/mol. The van der Waals surface area contributed by atoms with Gasteiger partial charge in [-0.3, -0.25) is 4.79 Å². The van der Waals surface area contributed by atoms with E-state index in [9.17, 15) is 4.79 Å². The molecule has 4 heteroatoms. The topological polar surface area (TPSA) is 47.6 Å². The van der Waals surface area contributed by atoms with Crippen LogP contribution < -0.4 is 10.1 Å². The zero-order valence-corrected chi connectivity index (χ0v) is 9.94. The molecular weight excluding hydrogens is 218 g/mol. The molecule has 1 heterocycles. The van der Waals surface area contributed by atoms with Gasteiger partial charge in [0.25, 0.3) is 0 Å². The molecule has 1 atom stereocenters. The second-order valence-corrected chi connectivity index (χ2v) is 4.06. The van der Waals surface area contributed by atoms with Crippen LogP contribution in [-0.4, -0.2) is 38.7 Å². The summed E-state index contributed by atoms with van der Waals surface area (Å²) in [4.78, 5) is 11.9. The monoisotopic (exact) mass is 235 g/mol. The van der Waals surface area contributed by atoms with Crippen molar-refractivity contribution < 1.29 is 14.3 Å². The summed E-state index contributed by atoms with van der Waals surface area (Å²) in [7, 11) is 1.67. The van der Waals surface area contributed by atoms with Crippen molar-refractivity contribution in [3.8, 4) is 5.75 Å². The van der Waals surface area contributed by atoms with Crippen LogP contribution in [0.1, 0.15) is 16.8 Å². The van der Waals surface area contributed by atoms with E-state index in [0.29, 0.717) is 30.9 Å². The molecule has 0 aromatic heterocycles. The Hall–Kier alpha value is -1.39. The smallest absolute Gasteiger partial charge is 0.170 e. The van der Waals surface area contributed by atoms with Crippen LogP contribution in [0.15, 0.2) is 24.3 Å². The molecule has 1 aliphatic rings. The van der Waals surface area contributed by atoms with E-state index in [2.05, 4.69) is 5.32 Å². The van der Waals surface area contributed by atoms with Gasteiger partial charge in [0, 0.05) is 26.6 Å². The molecule has 0 spiro atoms. The second kappa shape index (κ2) is 5.80. The number of ketones is 1. The number of para-hydroxylation sites is 1. The van der Waals surface area contributed by atoms with Gasteiger partial charge in [0.05, 0.1) is 12.2 Å². The summed E-state index contributed by atoms with van der Waals surface area (Å²) in [6.07, 6.45) is 0.367. The van der Waals surface area contributed by atoms with E-state index in [1.807, 2.05) is 24.3 Å². The third kappa shape index (κ3) is 3.05. The highest BCUT2D eigenvalue weighted by atomic mass is 16.5. The molecule has 1 unspecified atom stereocenters. The van der Waals surface area contributed by atoms with Crippen molar-refractivity contribution in [1.82, 2.24) is 5.32 Å². The first-order valence-corrected chi connectivity index (χ1v) is 5.80. The first kappa shape index (κ1) is 12.1. The minimum atomic E-state index is -0.0748. The largest absolute Gasteiger partial charge is 0.488 e. The van der Waals surface area contributed by atoms with E-state index in [1.54, 1.807) is 7.11 Å². The summed E-state index contributed by atoms with van der Waals surface area (Å²) in [5.41, 5.74) is 0.695. The Labute approximate surface area is 101 Å². The quantitative estimate of drug-likeness (QED) is 0.780. The number of Topliss-reactive ketones (excluding diaryl/α,β-unsaturated/α-hetero) is 1. The van der Waals surface area contributed by atoms with Crippen LogP contribution in [0.3, 0.4) is 0 Å². The summed E-state index contributed by atoms with van der Waals surface area (Å²) in [6.45, 7) is 2.10. The molecule has 1 aromatic carbocycles. The maximum absolute atomic E-state index is 11.9. The third-order valence-electron chi connectivity index (χ3n) is 2.75. The van der Waals surface area contributed by atoms with Crippen molar-refractivity contribution >= 4 is 5.78 Å². The zero-order valence-electron chi connectivity index (χ0n) is 9.94. The lowest BCUT2D eigenvalue weighted by atomic mass is 10.0. The third-order valence-corrected chi connectivity index (χ3v) is 2.75. The average Bonchev–Trinajstić information content (AvgIpc) is 2.35. The molecule has 1 aliphatic heterocycles. The standard InChI is InChI=1S/C13H17NO3/c1-16-7-6-14-9-10-8-12(15)11-4-2-3-5-13(11)17-10/h2-5,10,14H,6-9H2,1H3. The van der Waals surface area contributed by atoms with Gasteiger partial charge in [0.1, 0.15) is 11.9 Å². The number of hydrogen-bond acceptors (Lipinski definition) is 4. The van der Waals surface area contributed by atoms with Crippen molar-refractivity contribution in [2.24, 2.45) is 0 Å². The van der Waals surface area contributed by atoms with E-state index in [4.69, 9.17) is 9.47 Å². The van der Waals surface area contributed by atoms with Gasteiger partial charge in [-0.1, -0.05) is 12.1 Å². The molecule has 0 saturated carbocycles. The highest BCUT2D eigenvalue weighted by Crippen LogP contribution is 2.26. The number of methoxy groups -OCH3 is 1. The highest BCUT2D eigenvalue weighted by Gasteiger charge is 2.25. The number of carbonyl (C=O) groups excluding carboxylic acids is 1. The molecule has 0 aliphatic carbocycles. The lowest BCUT2D eigenvalue weighted by Crippen LogP contribution is -2.37. The normalized spacial score (nSPS) is 18.6. The van der Waals surface area contributed by atoms with E-state index in [1.165, 1.54) is 0 Å². The van der Waals surface area contributed by atoms with Gasteiger partial charge < -0.3 is 14.8 Å². The number of benzene rings is 1. The molecular formula is C13H17NO3. The molecule has 0 saturated heterocycles. The molecule has 17 heavy (non-hydrogen) atoms. The van der Waals surface area contributed by atoms with E-state index in [0.717, 1.165) is 6.54 Å². The van der Waals surface area contributed by atoms with Crippen LogP contribution in [-0.2, 0) is 4.74 Å².